The smallest absolute Gasteiger partial charge is 0.270 e. The van der Waals surface area contributed by atoms with Crippen LogP contribution in [0.1, 0.15) is 30.5 Å². The summed E-state index contributed by atoms with van der Waals surface area (Å²) in [6.45, 7) is 5.19. The number of rotatable bonds is 5. The maximum atomic E-state index is 13.6. The van der Waals surface area contributed by atoms with Gasteiger partial charge < -0.3 is 9.64 Å². The Morgan fingerprint density at radius 1 is 1.25 bits per heavy atom. The normalized spacial score (nSPS) is 21.0. The van der Waals surface area contributed by atoms with Gasteiger partial charge in [-0.25, -0.2) is 13.8 Å². The monoisotopic (exact) mass is 463 g/mol. The summed E-state index contributed by atoms with van der Waals surface area (Å²) in [6, 6.07) is 6.77. The zero-order valence-corrected chi connectivity index (χ0v) is 18.8. The van der Waals surface area contributed by atoms with Crippen LogP contribution in [0, 0.1) is 12.3 Å². The van der Waals surface area contributed by atoms with Gasteiger partial charge in [0.25, 0.3) is 11.8 Å². The summed E-state index contributed by atoms with van der Waals surface area (Å²) in [5.74, 6) is -3.04. The molecular weight excluding hydrogens is 440 g/mol. The second-order valence-corrected chi connectivity index (χ2v) is 9.31. The molecule has 4 rings (SSSR count). The van der Waals surface area contributed by atoms with Crippen molar-refractivity contribution in [1.29, 1.82) is 0 Å². The zero-order valence-electron chi connectivity index (χ0n) is 18.1. The first-order chi connectivity index (χ1) is 15.0. The SMILES string of the molecule is Cc1cc(Cl)cnc1N1CC(=O)N(Cc2ccc(C(C)(F)F)cc2)C(C2(C)COC2)C1=O. The van der Waals surface area contributed by atoms with Crippen molar-refractivity contribution >= 4 is 29.2 Å². The molecular formula is C23H24ClF2N3O3. The Balaban J connectivity index is 1.66. The lowest BCUT2D eigenvalue weighted by Crippen LogP contribution is -2.69. The topological polar surface area (TPSA) is 62.7 Å². The second kappa shape index (κ2) is 8.08. The fourth-order valence-corrected chi connectivity index (χ4v) is 4.47. The predicted molar refractivity (Wildman–Crippen MR) is 116 cm³/mol. The van der Waals surface area contributed by atoms with Gasteiger partial charge in [0, 0.05) is 30.6 Å². The number of piperazine rings is 1. The Bertz CT molecular complexity index is 1050. The van der Waals surface area contributed by atoms with Crippen molar-refractivity contribution in [3.05, 3.63) is 58.2 Å². The summed E-state index contributed by atoms with van der Waals surface area (Å²) in [5.41, 5.74) is 0.704. The molecule has 170 valence electrons. The molecule has 2 aliphatic rings. The first kappa shape index (κ1) is 22.6. The number of carbonyl (C=O) groups excluding carboxylic acids is 2. The Kier molecular flexibility index (Phi) is 5.71. The van der Waals surface area contributed by atoms with Gasteiger partial charge in [-0.2, -0.15) is 0 Å². The molecule has 9 heteroatoms. The third kappa shape index (κ3) is 4.09. The van der Waals surface area contributed by atoms with E-state index in [0.717, 1.165) is 6.92 Å². The number of hydrogen-bond acceptors (Lipinski definition) is 4. The number of amides is 2. The van der Waals surface area contributed by atoms with E-state index < -0.39 is 17.4 Å². The minimum Gasteiger partial charge on any atom is -0.380 e. The number of pyridine rings is 1. The highest BCUT2D eigenvalue weighted by Crippen LogP contribution is 2.39. The molecule has 2 amide bonds. The van der Waals surface area contributed by atoms with E-state index in [0.29, 0.717) is 35.2 Å². The van der Waals surface area contributed by atoms with Gasteiger partial charge in [-0.15, -0.1) is 0 Å². The number of benzene rings is 1. The minimum atomic E-state index is -2.95. The van der Waals surface area contributed by atoms with Gasteiger partial charge >= 0.3 is 0 Å². The van der Waals surface area contributed by atoms with Crippen LogP contribution in [-0.4, -0.2) is 47.5 Å². The molecule has 1 unspecified atom stereocenters. The number of aromatic nitrogens is 1. The van der Waals surface area contributed by atoms with E-state index >= 15 is 0 Å². The number of aryl methyl sites for hydroxylation is 1. The Hall–Kier alpha value is -2.58. The number of hydrogen-bond donors (Lipinski definition) is 0. The van der Waals surface area contributed by atoms with Crippen LogP contribution < -0.4 is 4.90 Å². The van der Waals surface area contributed by atoms with Gasteiger partial charge in [0.1, 0.15) is 18.4 Å². The maximum absolute atomic E-state index is 13.6. The molecule has 0 aliphatic carbocycles. The number of anilines is 1. The summed E-state index contributed by atoms with van der Waals surface area (Å²) in [5, 5.41) is 0.445. The van der Waals surface area contributed by atoms with Crippen molar-refractivity contribution in [1.82, 2.24) is 9.88 Å². The molecule has 2 aromatic rings. The van der Waals surface area contributed by atoms with E-state index in [1.165, 1.54) is 28.1 Å². The van der Waals surface area contributed by atoms with Gasteiger partial charge in [0.2, 0.25) is 5.91 Å². The lowest BCUT2D eigenvalue weighted by atomic mass is 9.77. The Morgan fingerprint density at radius 2 is 1.91 bits per heavy atom. The van der Waals surface area contributed by atoms with Crippen LogP contribution >= 0.6 is 11.6 Å². The Morgan fingerprint density at radius 3 is 2.44 bits per heavy atom. The van der Waals surface area contributed by atoms with Crippen LogP contribution in [0.3, 0.4) is 0 Å². The van der Waals surface area contributed by atoms with Crippen LogP contribution in [0.2, 0.25) is 5.02 Å². The third-order valence-electron chi connectivity index (χ3n) is 6.04. The number of nitrogens with zero attached hydrogens (tertiary/aromatic N) is 3. The van der Waals surface area contributed by atoms with Crippen molar-refractivity contribution in [3.63, 3.8) is 0 Å². The molecule has 2 saturated heterocycles. The van der Waals surface area contributed by atoms with Gasteiger partial charge in [0.15, 0.2) is 0 Å². The fourth-order valence-electron chi connectivity index (χ4n) is 4.26. The van der Waals surface area contributed by atoms with Gasteiger partial charge in [-0.05, 0) is 24.1 Å². The lowest BCUT2D eigenvalue weighted by Gasteiger charge is -2.51. The number of alkyl halides is 2. The van der Waals surface area contributed by atoms with Crippen molar-refractivity contribution in [2.24, 2.45) is 5.41 Å². The molecule has 0 N–H and O–H groups in total. The summed E-state index contributed by atoms with van der Waals surface area (Å²) in [7, 11) is 0. The Labute approximate surface area is 190 Å². The summed E-state index contributed by atoms with van der Waals surface area (Å²) < 4.78 is 32.5. The van der Waals surface area contributed by atoms with E-state index in [2.05, 4.69) is 4.98 Å². The van der Waals surface area contributed by atoms with Crippen LogP contribution in [0.15, 0.2) is 36.5 Å². The largest absolute Gasteiger partial charge is 0.380 e. The summed E-state index contributed by atoms with van der Waals surface area (Å²) >= 11 is 6.00. The summed E-state index contributed by atoms with van der Waals surface area (Å²) in [4.78, 5) is 34.1. The molecule has 0 spiro atoms. The molecule has 0 bridgehead atoms. The molecule has 3 heterocycles. The molecule has 2 fully saturated rings. The van der Waals surface area contributed by atoms with Gasteiger partial charge in [-0.1, -0.05) is 42.8 Å². The zero-order chi connectivity index (χ0) is 23.3. The highest BCUT2D eigenvalue weighted by Gasteiger charge is 2.54. The fraction of sp³-hybridized carbons (Fsp3) is 0.435. The van der Waals surface area contributed by atoms with E-state index in [1.54, 1.807) is 25.1 Å². The van der Waals surface area contributed by atoms with E-state index in [-0.39, 0.29) is 30.5 Å². The molecule has 1 atom stereocenters. The second-order valence-electron chi connectivity index (χ2n) is 8.87. The van der Waals surface area contributed by atoms with Crippen molar-refractivity contribution in [3.8, 4) is 0 Å². The molecule has 1 aromatic heterocycles. The minimum absolute atomic E-state index is 0.103. The highest BCUT2D eigenvalue weighted by atomic mass is 35.5. The predicted octanol–water partition coefficient (Wildman–Crippen LogP) is 3.94. The lowest BCUT2D eigenvalue weighted by molar-refractivity contribution is -0.174. The molecule has 6 nitrogen and oxygen atoms in total. The van der Waals surface area contributed by atoms with Crippen LogP contribution in [0.25, 0.3) is 0 Å². The van der Waals surface area contributed by atoms with E-state index in [4.69, 9.17) is 16.3 Å². The maximum Gasteiger partial charge on any atom is 0.270 e. The van der Waals surface area contributed by atoms with Gasteiger partial charge in [0.05, 0.1) is 18.2 Å². The first-order valence-electron chi connectivity index (χ1n) is 10.3. The quantitative estimate of drug-likeness (QED) is 0.674. The highest BCUT2D eigenvalue weighted by molar-refractivity contribution is 6.30. The van der Waals surface area contributed by atoms with Crippen molar-refractivity contribution in [2.75, 3.05) is 24.7 Å². The number of carbonyl (C=O) groups is 2. The molecule has 1 aromatic carbocycles. The number of halogens is 3. The van der Waals surface area contributed by atoms with Crippen LogP contribution in [0.4, 0.5) is 14.6 Å². The van der Waals surface area contributed by atoms with Crippen LogP contribution in [0.5, 0.6) is 0 Å². The summed E-state index contributed by atoms with van der Waals surface area (Å²) in [6.07, 6.45) is 1.45. The van der Waals surface area contributed by atoms with Crippen molar-refractivity contribution in [2.45, 2.75) is 39.3 Å². The average Bonchev–Trinajstić information content (AvgIpc) is 2.69. The third-order valence-corrected chi connectivity index (χ3v) is 6.24. The standard InChI is InChI=1S/C23H24ClF2N3O3/c1-14-8-17(24)9-27-20(14)29-11-18(30)28(19(21(29)31)22(2)12-32-13-22)10-15-4-6-16(7-5-15)23(3,25)26/h4-9,19H,10-13H2,1-3H3. The molecule has 0 radical (unpaired) electrons. The molecule has 2 aliphatic heterocycles. The van der Waals surface area contributed by atoms with Gasteiger partial charge in [-0.3, -0.25) is 14.5 Å². The van der Waals surface area contributed by atoms with E-state index in [1.807, 2.05) is 6.92 Å². The average molecular weight is 464 g/mol. The first-order valence-corrected chi connectivity index (χ1v) is 10.7. The number of ether oxygens (including phenoxy) is 1. The molecule has 0 saturated carbocycles. The van der Waals surface area contributed by atoms with E-state index in [9.17, 15) is 18.4 Å². The van der Waals surface area contributed by atoms with Crippen LogP contribution in [-0.2, 0) is 26.8 Å². The molecule has 32 heavy (non-hydrogen) atoms. The van der Waals surface area contributed by atoms with Crippen molar-refractivity contribution < 1.29 is 23.1 Å².